The third-order valence-corrected chi connectivity index (χ3v) is 4.02. The normalized spacial score (nSPS) is 10.2. The van der Waals surface area contributed by atoms with E-state index < -0.39 is 0 Å². The van der Waals surface area contributed by atoms with Crippen LogP contribution in [0.4, 0.5) is 5.82 Å². The van der Waals surface area contributed by atoms with Crippen molar-refractivity contribution in [2.45, 2.75) is 13.5 Å². The summed E-state index contributed by atoms with van der Waals surface area (Å²) in [5.41, 5.74) is 2.19. The fourth-order valence-electron chi connectivity index (χ4n) is 1.84. The fourth-order valence-corrected chi connectivity index (χ4v) is 2.22. The Morgan fingerprint density at radius 3 is 2.70 bits per heavy atom. The van der Waals surface area contributed by atoms with Crippen molar-refractivity contribution in [3.8, 4) is 11.5 Å². The van der Waals surface area contributed by atoms with Gasteiger partial charge in [-0.05, 0) is 46.6 Å². The van der Waals surface area contributed by atoms with Crippen molar-refractivity contribution in [3.63, 3.8) is 0 Å². The number of aromatic nitrogens is 1. The average Bonchev–Trinajstić information content (AvgIpc) is 2.48. The van der Waals surface area contributed by atoms with Crippen molar-refractivity contribution in [1.29, 1.82) is 0 Å². The van der Waals surface area contributed by atoms with Crippen LogP contribution in [-0.4, -0.2) is 19.2 Å². The van der Waals surface area contributed by atoms with Crippen LogP contribution in [0.1, 0.15) is 11.1 Å². The molecular weight excluding hydrogens is 320 g/mol. The minimum Gasteiger partial charge on any atom is -0.497 e. The van der Waals surface area contributed by atoms with Gasteiger partial charge < -0.3 is 14.8 Å². The van der Waals surface area contributed by atoms with Gasteiger partial charge in [-0.15, -0.1) is 0 Å². The van der Waals surface area contributed by atoms with Gasteiger partial charge in [-0.3, -0.25) is 0 Å². The summed E-state index contributed by atoms with van der Waals surface area (Å²) in [6.07, 6.45) is 1.79. The van der Waals surface area contributed by atoms with Crippen LogP contribution in [0, 0.1) is 6.92 Å². The Kier molecular flexibility index (Phi) is 4.84. The lowest BCUT2D eigenvalue weighted by Crippen LogP contribution is -2.04. The Hall–Kier alpha value is -1.75. The number of aryl methyl sites for hydroxylation is 1. The first kappa shape index (κ1) is 14.7. The molecule has 0 amide bonds. The van der Waals surface area contributed by atoms with Gasteiger partial charge in [0.15, 0.2) is 0 Å². The van der Waals surface area contributed by atoms with Gasteiger partial charge >= 0.3 is 0 Å². The number of rotatable bonds is 5. The van der Waals surface area contributed by atoms with Gasteiger partial charge in [-0.2, -0.15) is 0 Å². The molecule has 0 aliphatic rings. The number of nitrogens with one attached hydrogen (secondary N) is 1. The van der Waals surface area contributed by atoms with Crippen molar-refractivity contribution in [1.82, 2.24) is 4.98 Å². The second kappa shape index (κ2) is 6.61. The van der Waals surface area contributed by atoms with E-state index >= 15 is 0 Å². The second-order valence-corrected chi connectivity index (χ2v) is 5.11. The minimum absolute atomic E-state index is 0.627. The summed E-state index contributed by atoms with van der Waals surface area (Å²) >= 11 is 3.54. The topological polar surface area (TPSA) is 43.4 Å². The van der Waals surface area contributed by atoms with Gasteiger partial charge in [-0.25, -0.2) is 4.98 Å². The fraction of sp³-hybridized carbons (Fsp3) is 0.267. The van der Waals surface area contributed by atoms with E-state index in [9.17, 15) is 0 Å². The Balaban J connectivity index is 2.16. The van der Waals surface area contributed by atoms with Gasteiger partial charge in [0, 0.05) is 24.4 Å². The maximum atomic E-state index is 5.38. The smallest absolute Gasteiger partial charge is 0.140 e. The van der Waals surface area contributed by atoms with E-state index in [1.807, 2.05) is 31.2 Å². The lowest BCUT2D eigenvalue weighted by atomic mass is 10.2. The monoisotopic (exact) mass is 336 g/mol. The third-order valence-electron chi connectivity index (χ3n) is 3.02. The van der Waals surface area contributed by atoms with Crippen LogP contribution in [0.3, 0.4) is 0 Å². The number of hydrogen-bond acceptors (Lipinski definition) is 4. The molecule has 0 unspecified atom stereocenters. The molecule has 1 aromatic heterocycles. The summed E-state index contributed by atoms with van der Waals surface area (Å²) in [5.74, 6) is 2.39. The first-order valence-electron chi connectivity index (χ1n) is 6.21. The average molecular weight is 337 g/mol. The molecular formula is C15H17BrN2O2. The van der Waals surface area contributed by atoms with Crippen LogP contribution in [0.5, 0.6) is 11.5 Å². The highest BCUT2D eigenvalue weighted by molar-refractivity contribution is 9.10. The van der Waals surface area contributed by atoms with Crippen LogP contribution < -0.4 is 14.8 Å². The van der Waals surface area contributed by atoms with Crippen molar-refractivity contribution in [2.75, 3.05) is 19.5 Å². The zero-order chi connectivity index (χ0) is 14.5. The molecule has 0 radical (unpaired) electrons. The van der Waals surface area contributed by atoms with Gasteiger partial charge in [-0.1, -0.05) is 0 Å². The Morgan fingerprint density at radius 2 is 2.00 bits per heavy atom. The van der Waals surface area contributed by atoms with Crippen LogP contribution in [-0.2, 0) is 6.54 Å². The van der Waals surface area contributed by atoms with E-state index in [-0.39, 0.29) is 0 Å². The Morgan fingerprint density at radius 1 is 1.20 bits per heavy atom. The highest BCUT2D eigenvalue weighted by Gasteiger charge is 2.07. The minimum atomic E-state index is 0.627. The number of nitrogens with zero attached hydrogens (tertiary/aromatic N) is 1. The molecule has 0 spiro atoms. The van der Waals surface area contributed by atoms with Gasteiger partial charge in [0.1, 0.15) is 17.3 Å². The molecule has 1 heterocycles. The quantitative estimate of drug-likeness (QED) is 0.902. The standard InChI is InChI=1S/C15H17BrN2O2/c1-10-6-7-17-15(14(10)16)18-9-11-4-5-12(19-2)8-13(11)20-3/h4-8H,9H2,1-3H3,(H,17,18). The lowest BCUT2D eigenvalue weighted by Gasteiger charge is -2.13. The van der Waals surface area contributed by atoms with Crippen LogP contribution in [0.25, 0.3) is 0 Å². The van der Waals surface area contributed by atoms with Crippen molar-refractivity contribution >= 4 is 21.7 Å². The largest absolute Gasteiger partial charge is 0.497 e. The molecule has 106 valence electrons. The molecule has 1 N–H and O–H groups in total. The molecule has 0 atom stereocenters. The second-order valence-electron chi connectivity index (χ2n) is 4.32. The van der Waals surface area contributed by atoms with Crippen LogP contribution in [0.2, 0.25) is 0 Å². The molecule has 20 heavy (non-hydrogen) atoms. The highest BCUT2D eigenvalue weighted by atomic mass is 79.9. The molecule has 0 fully saturated rings. The summed E-state index contributed by atoms with van der Waals surface area (Å²) in [5, 5.41) is 3.30. The summed E-state index contributed by atoms with van der Waals surface area (Å²) < 4.78 is 11.5. The molecule has 5 heteroatoms. The van der Waals surface area contributed by atoms with E-state index in [1.54, 1.807) is 20.4 Å². The first-order chi connectivity index (χ1) is 9.65. The molecule has 2 aromatic rings. The first-order valence-corrected chi connectivity index (χ1v) is 7.01. The Bertz CT molecular complexity index is 602. The van der Waals surface area contributed by atoms with Gasteiger partial charge in [0.25, 0.3) is 0 Å². The van der Waals surface area contributed by atoms with E-state index in [2.05, 4.69) is 26.2 Å². The lowest BCUT2D eigenvalue weighted by molar-refractivity contribution is 0.391. The van der Waals surface area contributed by atoms with Crippen LogP contribution >= 0.6 is 15.9 Å². The van der Waals surface area contributed by atoms with Crippen molar-refractivity contribution < 1.29 is 9.47 Å². The number of halogens is 1. The van der Waals surface area contributed by atoms with E-state index in [4.69, 9.17) is 9.47 Å². The predicted molar refractivity (Wildman–Crippen MR) is 83.5 cm³/mol. The molecule has 2 rings (SSSR count). The van der Waals surface area contributed by atoms with Crippen molar-refractivity contribution in [2.24, 2.45) is 0 Å². The summed E-state index contributed by atoms with van der Waals surface area (Å²) in [7, 11) is 3.29. The summed E-state index contributed by atoms with van der Waals surface area (Å²) in [4.78, 5) is 4.32. The molecule has 0 aliphatic carbocycles. The number of methoxy groups -OCH3 is 2. The SMILES string of the molecule is COc1ccc(CNc2nccc(C)c2Br)c(OC)c1. The molecule has 0 aliphatic heterocycles. The Labute approximate surface area is 127 Å². The third kappa shape index (κ3) is 3.22. The predicted octanol–water partition coefficient (Wildman–Crippen LogP) is 3.78. The molecule has 4 nitrogen and oxygen atoms in total. The maximum Gasteiger partial charge on any atom is 0.140 e. The number of anilines is 1. The number of pyridine rings is 1. The van der Waals surface area contributed by atoms with E-state index in [0.29, 0.717) is 6.54 Å². The van der Waals surface area contributed by atoms with Gasteiger partial charge in [0.05, 0.1) is 18.7 Å². The van der Waals surface area contributed by atoms with Crippen molar-refractivity contribution in [3.05, 3.63) is 46.1 Å². The zero-order valence-electron chi connectivity index (χ0n) is 11.7. The number of ether oxygens (including phenoxy) is 2. The van der Waals surface area contributed by atoms with E-state index in [0.717, 1.165) is 32.9 Å². The number of benzene rings is 1. The van der Waals surface area contributed by atoms with Crippen LogP contribution in [0.15, 0.2) is 34.9 Å². The van der Waals surface area contributed by atoms with Gasteiger partial charge in [0.2, 0.25) is 0 Å². The zero-order valence-corrected chi connectivity index (χ0v) is 13.3. The molecule has 0 bridgehead atoms. The maximum absolute atomic E-state index is 5.38. The molecule has 0 saturated carbocycles. The summed E-state index contributed by atoms with van der Waals surface area (Å²) in [6.45, 7) is 2.66. The highest BCUT2D eigenvalue weighted by Crippen LogP contribution is 2.27. The number of hydrogen-bond donors (Lipinski definition) is 1. The molecule has 1 aromatic carbocycles. The van der Waals surface area contributed by atoms with E-state index in [1.165, 1.54) is 0 Å². The summed E-state index contributed by atoms with van der Waals surface area (Å²) in [6, 6.07) is 7.73. The molecule has 0 saturated heterocycles.